The van der Waals surface area contributed by atoms with Gasteiger partial charge < -0.3 is 50.5 Å². The lowest BCUT2D eigenvalue weighted by molar-refractivity contribution is -0.303. The summed E-state index contributed by atoms with van der Waals surface area (Å²) in [6.07, 6.45) is 54.4. The van der Waals surface area contributed by atoms with Gasteiger partial charge in [0.2, 0.25) is 5.91 Å². The average molecular weight is 1080 g/mol. The average Bonchev–Trinajstić information content (AvgIpc) is 3.42. The second-order valence-electron chi connectivity index (χ2n) is 23.5. The van der Waals surface area contributed by atoms with Crippen LogP contribution in [0.15, 0.2) is 12.2 Å². The Morgan fingerprint density at radius 2 is 0.776 bits per heavy atom. The van der Waals surface area contributed by atoms with Gasteiger partial charge in [-0.3, -0.25) is 4.79 Å². The first-order chi connectivity index (χ1) is 37.2. The van der Waals surface area contributed by atoms with Crippen LogP contribution < -0.4 is 5.32 Å². The summed E-state index contributed by atoms with van der Waals surface area (Å²) in [5.41, 5.74) is 0. The molecule has 76 heavy (non-hydrogen) atoms. The van der Waals surface area contributed by atoms with Crippen molar-refractivity contribution in [3.8, 4) is 0 Å². The number of allylic oxidation sites excluding steroid dienone is 2. The van der Waals surface area contributed by atoms with E-state index in [1.807, 2.05) is 0 Å². The number of unbranched alkanes of at least 4 members (excludes halogenated alkanes) is 44. The lowest BCUT2D eigenvalue weighted by Gasteiger charge is -2.40. The lowest BCUT2D eigenvalue weighted by Crippen LogP contribution is -2.60. The molecule has 0 spiro atoms. The SMILES string of the molecule is CCCCCCCCCCCCCCC/C=C/CCCC(O)C(O)C(COC1OC(CO)C(O)C(O)C1O)NC(=O)C(O)CCCCCCCCCCCCCCCCCCCCCCCCCCCCCCCCC. The van der Waals surface area contributed by atoms with Gasteiger partial charge in [0.15, 0.2) is 6.29 Å². The Bertz CT molecular complexity index is 1240. The Hall–Kier alpha value is -1.15. The fraction of sp³-hybridized carbons (Fsp3) is 0.954. The van der Waals surface area contributed by atoms with Gasteiger partial charge in [0.1, 0.15) is 36.6 Å². The Kier molecular flexibility index (Phi) is 52.2. The molecule has 0 aromatic heterocycles. The molecule has 11 nitrogen and oxygen atoms in total. The van der Waals surface area contributed by atoms with Crippen molar-refractivity contribution in [2.75, 3.05) is 13.2 Å². The molecule has 0 aromatic rings. The number of carbonyl (C=O) groups is 1. The van der Waals surface area contributed by atoms with E-state index in [-0.39, 0.29) is 12.8 Å². The van der Waals surface area contributed by atoms with Crippen LogP contribution in [0.25, 0.3) is 0 Å². The number of aliphatic hydroxyl groups is 7. The second-order valence-corrected chi connectivity index (χ2v) is 23.5. The van der Waals surface area contributed by atoms with Gasteiger partial charge in [0.05, 0.1) is 25.4 Å². The van der Waals surface area contributed by atoms with E-state index in [0.29, 0.717) is 12.8 Å². The maximum atomic E-state index is 13.2. The standard InChI is InChI=1S/C65H127NO10/c1-3-5-7-9-11-13-15-17-19-21-23-24-25-26-27-28-29-30-31-32-33-34-35-37-39-41-43-45-47-49-51-53-58(69)64(74)66-56(55-75-65-63(73)62(72)61(71)59(54-67)76-65)60(70)57(68)52-50-48-46-44-42-40-38-36-22-20-18-16-14-12-10-8-6-4-2/h44,46,56-63,65,67-73H,3-43,45,47-55H2,1-2H3,(H,66,74)/b46-44+. The van der Waals surface area contributed by atoms with E-state index in [0.717, 1.165) is 38.5 Å². The van der Waals surface area contributed by atoms with E-state index in [2.05, 4.69) is 31.3 Å². The quantitative estimate of drug-likeness (QED) is 0.0215. The number of hydrogen-bond acceptors (Lipinski definition) is 10. The van der Waals surface area contributed by atoms with Gasteiger partial charge in [-0.1, -0.05) is 302 Å². The zero-order chi connectivity index (χ0) is 55.4. The number of carbonyl (C=O) groups excluding carboxylic acids is 1. The number of ether oxygens (including phenoxy) is 2. The fourth-order valence-electron chi connectivity index (χ4n) is 11.0. The van der Waals surface area contributed by atoms with E-state index < -0.39 is 74.2 Å². The van der Waals surface area contributed by atoms with Crippen molar-refractivity contribution in [2.45, 2.75) is 384 Å². The maximum Gasteiger partial charge on any atom is 0.249 e. The Balaban J connectivity index is 2.19. The van der Waals surface area contributed by atoms with Crippen LogP contribution in [-0.2, 0) is 14.3 Å². The van der Waals surface area contributed by atoms with E-state index in [1.54, 1.807) is 0 Å². The molecular formula is C65H127NO10. The molecule has 0 radical (unpaired) electrons. The van der Waals surface area contributed by atoms with Crippen LogP contribution in [0.2, 0.25) is 0 Å². The molecule has 8 N–H and O–H groups in total. The van der Waals surface area contributed by atoms with E-state index in [4.69, 9.17) is 9.47 Å². The number of aliphatic hydroxyl groups excluding tert-OH is 7. The zero-order valence-electron chi connectivity index (χ0n) is 49.8. The van der Waals surface area contributed by atoms with Crippen molar-refractivity contribution in [3.05, 3.63) is 12.2 Å². The van der Waals surface area contributed by atoms with Gasteiger partial charge in [0.25, 0.3) is 0 Å². The minimum atomic E-state index is -1.67. The summed E-state index contributed by atoms with van der Waals surface area (Å²) in [4.78, 5) is 13.2. The molecular weight excluding hydrogens is 955 g/mol. The van der Waals surface area contributed by atoms with Crippen molar-refractivity contribution in [1.29, 1.82) is 0 Å². The van der Waals surface area contributed by atoms with Crippen molar-refractivity contribution in [1.82, 2.24) is 5.32 Å². The molecule has 452 valence electrons. The van der Waals surface area contributed by atoms with Gasteiger partial charge in [0, 0.05) is 0 Å². The predicted octanol–water partition coefficient (Wildman–Crippen LogP) is 15.1. The van der Waals surface area contributed by atoms with E-state index in [1.165, 1.54) is 250 Å². The molecule has 1 amide bonds. The minimum Gasteiger partial charge on any atom is -0.394 e. The summed E-state index contributed by atoms with van der Waals surface area (Å²) in [5, 5.41) is 76.3. The third-order valence-electron chi connectivity index (χ3n) is 16.3. The number of rotatable bonds is 58. The summed E-state index contributed by atoms with van der Waals surface area (Å²) >= 11 is 0. The first kappa shape index (κ1) is 72.9. The zero-order valence-corrected chi connectivity index (χ0v) is 49.8. The Morgan fingerprint density at radius 1 is 0.447 bits per heavy atom. The smallest absolute Gasteiger partial charge is 0.249 e. The first-order valence-corrected chi connectivity index (χ1v) is 33.1. The summed E-state index contributed by atoms with van der Waals surface area (Å²) in [7, 11) is 0. The van der Waals surface area contributed by atoms with Crippen LogP contribution in [0, 0.1) is 0 Å². The minimum absolute atomic E-state index is 0.260. The highest BCUT2D eigenvalue weighted by Crippen LogP contribution is 2.24. The van der Waals surface area contributed by atoms with Crippen molar-refractivity contribution < 1.29 is 50.0 Å². The monoisotopic (exact) mass is 1080 g/mol. The highest BCUT2D eigenvalue weighted by Gasteiger charge is 2.44. The second kappa shape index (κ2) is 54.4. The summed E-state index contributed by atoms with van der Waals surface area (Å²) in [5.74, 6) is -0.699. The molecule has 1 aliphatic rings. The molecule has 1 fully saturated rings. The third kappa shape index (κ3) is 41.8. The predicted molar refractivity (Wildman–Crippen MR) is 316 cm³/mol. The van der Waals surface area contributed by atoms with Crippen molar-refractivity contribution >= 4 is 5.91 Å². The lowest BCUT2D eigenvalue weighted by atomic mass is 9.98. The van der Waals surface area contributed by atoms with Gasteiger partial charge in [-0.05, 0) is 38.5 Å². The highest BCUT2D eigenvalue weighted by molar-refractivity contribution is 5.80. The Labute approximate surface area is 468 Å². The van der Waals surface area contributed by atoms with Gasteiger partial charge in [-0.2, -0.15) is 0 Å². The van der Waals surface area contributed by atoms with Crippen LogP contribution in [0.4, 0.5) is 0 Å². The van der Waals surface area contributed by atoms with Gasteiger partial charge >= 0.3 is 0 Å². The van der Waals surface area contributed by atoms with Crippen LogP contribution >= 0.6 is 0 Å². The van der Waals surface area contributed by atoms with Gasteiger partial charge in [-0.25, -0.2) is 0 Å². The van der Waals surface area contributed by atoms with Crippen LogP contribution in [0.3, 0.4) is 0 Å². The molecule has 0 bridgehead atoms. The van der Waals surface area contributed by atoms with Gasteiger partial charge in [-0.15, -0.1) is 0 Å². The summed E-state index contributed by atoms with van der Waals surface area (Å²) in [6.45, 7) is 3.49. The molecule has 9 atom stereocenters. The third-order valence-corrected chi connectivity index (χ3v) is 16.3. The topological polar surface area (TPSA) is 189 Å². The van der Waals surface area contributed by atoms with Crippen LogP contribution in [0.1, 0.15) is 328 Å². The number of hydrogen-bond donors (Lipinski definition) is 8. The number of amides is 1. The number of nitrogens with one attached hydrogen (secondary N) is 1. The summed E-state index contributed by atoms with van der Waals surface area (Å²) in [6, 6.07) is -1.18. The van der Waals surface area contributed by atoms with E-state index in [9.17, 15) is 40.5 Å². The molecule has 1 rings (SSSR count). The fourth-order valence-corrected chi connectivity index (χ4v) is 11.0. The maximum absolute atomic E-state index is 13.2. The molecule has 1 heterocycles. The Morgan fingerprint density at radius 3 is 1.13 bits per heavy atom. The van der Waals surface area contributed by atoms with E-state index >= 15 is 0 Å². The van der Waals surface area contributed by atoms with Crippen molar-refractivity contribution in [2.24, 2.45) is 0 Å². The molecule has 0 saturated carbocycles. The molecule has 9 unspecified atom stereocenters. The van der Waals surface area contributed by atoms with Crippen molar-refractivity contribution in [3.63, 3.8) is 0 Å². The normalized spacial score (nSPS) is 19.6. The molecule has 0 aliphatic carbocycles. The largest absolute Gasteiger partial charge is 0.394 e. The van der Waals surface area contributed by atoms with Crippen LogP contribution in [0.5, 0.6) is 0 Å². The molecule has 11 heteroatoms. The highest BCUT2D eigenvalue weighted by atomic mass is 16.7. The molecule has 1 saturated heterocycles. The molecule has 0 aromatic carbocycles. The first-order valence-electron chi connectivity index (χ1n) is 33.1. The van der Waals surface area contributed by atoms with Crippen LogP contribution in [-0.4, -0.2) is 110 Å². The summed E-state index contributed by atoms with van der Waals surface area (Å²) < 4.78 is 11.2. The molecule has 1 aliphatic heterocycles.